The molecule has 1 fully saturated rings. The van der Waals surface area contributed by atoms with E-state index in [0.29, 0.717) is 13.0 Å². The van der Waals surface area contributed by atoms with Crippen molar-refractivity contribution in [3.05, 3.63) is 0 Å². The van der Waals surface area contributed by atoms with Gasteiger partial charge < -0.3 is 10.4 Å². The zero-order chi connectivity index (χ0) is 11.1. The van der Waals surface area contributed by atoms with Crippen molar-refractivity contribution in [1.82, 2.24) is 5.32 Å². The summed E-state index contributed by atoms with van der Waals surface area (Å²) in [7, 11) is 0. The van der Waals surface area contributed by atoms with Gasteiger partial charge in [-0.1, -0.05) is 32.6 Å². The van der Waals surface area contributed by atoms with Gasteiger partial charge >= 0.3 is 0 Å². The molecule has 0 atom stereocenters. The molecule has 2 N–H and O–H groups in total. The number of rotatable bonds is 5. The fraction of sp³-hybridized carbons (Fsp3) is 0.917. The van der Waals surface area contributed by atoms with Crippen molar-refractivity contribution >= 4 is 5.91 Å². The van der Waals surface area contributed by atoms with Crippen LogP contribution in [0.2, 0.25) is 0 Å². The highest BCUT2D eigenvalue weighted by Crippen LogP contribution is 2.27. The highest BCUT2D eigenvalue weighted by atomic mass is 16.3. The maximum absolute atomic E-state index is 11.4. The van der Waals surface area contributed by atoms with Crippen molar-refractivity contribution in [3.63, 3.8) is 0 Å². The van der Waals surface area contributed by atoms with E-state index in [2.05, 4.69) is 12.2 Å². The molecule has 1 rings (SSSR count). The summed E-state index contributed by atoms with van der Waals surface area (Å²) in [5, 5.41) is 13.0. The summed E-state index contributed by atoms with van der Waals surface area (Å²) in [4.78, 5) is 11.4. The molecule has 0 heterocycles. The van der Waals surface area contributed by atoms with Crippen LogP contribution < -0.4 is 5.32 Å². The molecule has 0 radical (unpaired) electrons. The van der Waals surface area contributed by atoms with Crippen LogP contribution in [0.3, 0.4) is 0 Å². The quantitative estimate of drug-likeness (QED) is 0.733. The number of nitrogens with one attached hydrogen (secondary N) is 1. The van der Waals surface area contributed by atoms with Crippen molar-refractivity contribution in [2.45, 2.75) is 63.9 Å². The molecule has 0 bridgehead atoms. The van der Waals surface area contributed by atoms with Gasteiger partial charge in [-0.05, 0) is 19.3 Å². The normalized spacial score (nSPS) is 19.9. The first-order chi connectivity index (χ1) is 7.16. The Morgan fingerprint density at radius 3 is 2.60 bits per heavy atom. The van der Waals surface area contributed by atoms with Crippen molar-refractivity contribution < 1.29 is 9.90 Å². The topological polar surface area (TPSA) is 49.3 Å². The zero-order valence-electron chi connectivity index (χ0n) is 9.72. The summed E-state index contributed by atoms with van der Waals surface area (Å²) in [6.07, 6.45) is 7.62. The molecular weight excluding hydrogens is 190 g/mol. The van der Waals surface area contributed by atoms with Gasteiger partial charge in [0.25, 0.3) is 0 Å². The molecule has 1 saturated carbocycles. The lowest BCUT2D eigenvalue weighted by molar-refractivity contribution is -0.122. The summed E-state index contributed by atoms with van der Waals surface area (Å²) < 4.78 is 0. The van der Waals surface area contributed by atoms with Gasteiger partial charge in [0, 0.05) is 13.0 Å². The van der Waals surface area contributed by atoms with Gasteiger partial charge in [0.2, 0.25) is 5.91 Å². The van der Waals surface area contributed by atoms with E-state index in [0.717, 1.165) is 38.5 Å². The standard InChI is InChI=1S/C12H23NO2/c1-2-3-7-11(14)13-10-12(15)8-5-4-6-9-12/h15H,2-10H2,1H3,(H,13,14). The minimum atomic E-state index is -0.625. The summed E-state index contributed by atoms with van der Waals surface area (Å²) >= 11 is 0. The maximum Gasteiger partial charge on any atom is 0.220 e. The van der Waals surface area contributed by atoms with Crippen LogP contribution in [0.25, 0.3) is 0 Å². The third-order valence-corrected chi connectivity index (χ3v) is 3.16. The van der Waals surface area contributed by atoms with E-state index in [-0.39, 0.29) is 5.91 Å². The molecule has 15 heavy (non-hydrogen) atoms. The lowest BCUT2D eigenvalue weighted by atomic mass is 9.85. The maximum atomic E-state index is 11.4. The fourth-order valence-corrected chi connectivity index (χ4v) is 2.08. The average molecular weight is 213 g/mol. The summed E-state index contributed by atoms with van der Waals surface area (Å²) in [6, 6.07) is 0. The second-order valence-electron chi connectivity index (χ2n) is 4.67. The highest BCUT2D eigenvalue weighted by molar-refractivity contribution is 5.75. The second kappa shape index (κ2) is 6.11. The van der Waals surface area contributed by atoms with Gasteiger partial charge in [-0.15, -0.1) is 0 Å². The Bertz CT molecular complexity index is 198. The van der Waals surface area contributed by atoms with Crippen LogP contribution in [0.4, 0.5) is 0 Å². The van der Waals surface area contributed by atoms with E-state index in [1.165, 1.54) is 6.42 Å². The van der Waals surface area contributed by atoms with Gasteiger partial charge in [0.05, 0.1) is 5.60 Å². The van der Waals surface area contributed by atoms with Crippen LogP contribution in [0.5, 0.6) is 0 Å². The predicted molar refractivity (Wildman–Crippen MR) is 60.6 cm³/mol. The van der Waals surface area contributed by atoms with E-state index in [4.69, 9.17) is 0 Å². The number of hydrogen-bond donors (Lipinski definition) is 2. The van der Waals surface area contributed by atoms with Crippen LogP contribution >= 0.6 is 0 Å². The van der Waals surface area contributed by atoms with Crippen LogP contribution in [-0.4, -0.2) is 23.2 Å². The number of unbranched alkanes of at least 4 members (excludes halogenated alkanes) is 1. The first kappa shape index (κ1) is 12.5. The monoisotopic (exact) mass is 213 g/mol. The Kier molecular flexibility index (Phi) is 5.09. The first-order valence-electron chi connectivity index (χ1n) is 6.15. The lowest BCUT2D eigenvalue weighted by Crippen LogP contribution is -2.44. The third-order valence-electron chi connectivity index (χ3n) is 3.16. The minimum Gasteiger partial charge on any atom is -0.388 e. The predicted octanol–water partition coefficient (Wildman–Crippen LogP) is 1.99. The molecule has 0 aromatic carbocycles. The van der Waals surface area contributed by atoms with Gasteiger partial charge in [-0.3, -0.25) is 4.79 Å². The van der Waals surface area contributed by atoms with Gasteiger partial charge in [-0.25, -0.2) is 0 Å². The summed E-state index contributed by atoms with van der Waals surface area (Å²) in [5.74, 6) is 0.0795. The van der Waals surface area contributed by atoms with Crippen LogP contribution in [-0.2, 0) is 4.79 Å². The largest absolute Gasteiger partial charge is 0.388 e. The lowest BCUT2D eigenvalue weighted by Gasteiger charge is -2.32. The summed E-state index contributed by atoms with van der Waals surface area (Å²) in [6.45, 7) is 2.51. The van der Waals surface area contributed by atoms with Crippen LogP contribution in [0, 0.1) is 0 Å². The Balaban J connectivity index is 2.19. The smallest absolute Gasteiger partial charge is 0.220 e. The number of carbonyl (C=O) groups excluding carboxylic acids is 1. The molecule has 1 aliphatic carbocycles. The zero-order valence-corrected chi connectivity index (χ0v) is 9.72. The van der Waals surface area contributed by atoms with E-state index >= 15 is 0 Å². The van der Waals surface area contributed by atoms with Gasteiger partial charge in [0.15, 0.2) is 0 Å². The summed E-state index contributed by atoms with van der Waals surface area (Å²) in [5.41, 5.74) is -0.625. The fourth-order valence-electron chi connectivity index (χ4n) is 2.08. The molecule has 0 spiro atoms. The third kappa shape index (κ3) is 4.65. The molecule has 3 nitrogen and oxygen atoms in total. The number of amides is 1. The van der Waals surface area contributed by atoms with Crippen LogP contribution in [0.15, 0.2) is 0 Å². The molecule has 0 unspecified atom stereocenters. The Morgan fingerprint density at radius 1 is 1.33 bits per heavy atom. The van der Waals surface area contributed by atoms with E-state index < -0.39 is 5.60 Å². The van der Waals surface area contributed by atoms with E-state index in [1.54, 1.807) is 0 Å². The van der Waals surface area contributed by atoms with Crippen molar-refractivity contribution in [2.24, 2.45) is 0 Å². The molecule has 1 aliphatic rings. The van der Waals surface area contributed by atoms with E-state index in [1.807, 2.05) is 0 Å². The Hall–Kier alpha value is -0.570. The minimum absolute atomic E-state index is 0.0795. The second-order valence-corrected chi connectivity index (χ2v) is 4.67. The van der Waals surface area contributed by atoms with Crippen molar-refractivity contribution in [1.29, 1.82) is 0 Å². The molecule has 1 amide bonds. The number of carbonyl (C=O) groups is 1. The van der Waals surface area contributed by atoms with Crippen molar-refractivity contribution in [3.8, 4) is 0 Å². The molecular formula is C12H23NO2. The molecule has 0 aromatic heterocycles. The molecule has 88 valence electrons. The number of hydrogen-bond acceptors (Lipinski definition) is 2. The first-order valence-corrected chi connectivity index (χ1v) is 6.15. The van der Waals surface area contributed by atoms with E-state index in [9.17, 15) is 9.90 Å². The molecule has 0 aromatic rings. The Morgan fingerprint density at radius 2 is 2.00 bits per heavy atom. The van der Waals surface area contributed by atoms with Crippen LogP contribution in [0.1, 0.15) is 58.3 Å². The van der Waals surface area contributed by atoms with Gasteiger partial charge in [0.1, 0.15) is 0 Å². The Labute approximate surface area is 92.3 Å². The van der Waals surface area contributed by atoms with Crippen molar-refractivity contribution in [2.75, 3.05) is 6.54 Å². The molecule has 0 aliphatic heterocycles. The average Bonchev–Trinajstić information content (AvgIpc) is 2.25. The molecule has 3 heteroatoms. The highest BCUT2D eigenvalue weighted by Gasteiger charge is 2.29. The molecule has 0 saturated heterocycles. The van der Waals surface area contributed by atoms with Gasteiger partial charge in [-0.2, -0.15) is 0 Å². The number of aliphatic hydroxyl groups is 1. The SMILES string of the molecule is CCCCC(=O)NCC1(O)CCCCC1.